The van der Waals surface area contributed by atoms with Crippen LogP contribution in [-0.2, 0) is 9.53 Å². The van der Waals surface area contributed by atoms with E-state index in [1.807, 2.05) is 0 Å². The lowest BCUT2D eigenvalue weighted by Gasteiger charge is -2.12. The number of rotatable bonds is 10. The van der Waals surface area contributed by atoms with E-state index in [1.54, 1.807) is 25.3 Å². The molecular formula is C14H22N2O5. The van der Waals surface area contributed by atoms with Gasteiger partial charge in [0.05, 0.1) is 26.9 Å². The first-order valence-corrected chi connectivity index (χ1v) is 6.62. The zero-order chi connectivity index (χ0) is 15.5. The smallest absolute Gasteiger partial charge is 0.238 e. The summed E-state index contributed by atoms with van der Waals surface area (Å²) in [4.78, 5) is 11.7. The zero-order valence-corrected chi connectivity index (χ0v) is 12.3. The van der Waals surface area contributed by atoms with Crippen molar-refractivity contribution < 1.29 is 24.1 Å². The molecule has 1 aromatic carbocycles. The molecule has 1 rings (SSSR count). The molecule has 0 atom stereocenters. The second-order valence-electron chi connectivity index (χ2n) is 4.16. The molecule has 0 bridgehead atoms. The number of hydrogen-bond donors (Lipinski definition) is 3. The van der Waals surface area contributed by atoms with Crippen molar-refractivity contribution in [2.75, 3.05) is 52.4 Å². The summed E-state index contributed by atoms with van der Waals surface area (Å²) >= 11 is 0. The van der Waals surface area contributed by atoms with Gasteiger partial charge in [-0.3, -0.25) is 4.79 Å². The minimum absolute atomic E-state index is 0.0941. The molecule has 7 heteroatoms. The van der Waals surface area contributed by atoms with Crippen LogP contribution in [0.25, 0.3) is 0 Å². The van der Waals surface area contributed by atoms with Gasteiger partial charge in [0.15, 0.2) is 11.5 Å². The van der Waals surface area contributed by atoms with E-state index >= 15 is 0 Å². The second kappa shape index (κ2) is 9.98. The Morgan fingerprint density at radius 1 is 1.24 bits per heavy atom. The van der Waals surface area contributed by atoms with Crippen molar-refractivity contribution in [1.82, 2.24) is 5.32 Å². The van der Waals surface area contributed by atoms with Gasteiger partial charge in [0, 0.05) is 25.4 Å². The van der Waals surface area contributed by atoms with Crippen LogP contribution in [0.5, 0.6) is 11.5 Å². The predicted molar refractivity (Wildman–Crippen MR) is 79.0 cm³/mol. The number of carbonyl (C=O) groups excluding carboxylic acids is 1. The fraction of sp³-hybridized carbons (Fsp3) is 0.500. The van der Waals surface area contributed by atoms with Gasteiger partial charge >= 0.3 is 0 Å². The van der Waals surface area contributed by atoms with E-state index in [1.165, 1.54) is 7.11 Å². The van der Waals surface area contributed by atoms with Gasteiger partial charge in [-0.25, -0.2) is 0 Å². The molecule has 0 saturated heterocycles. The molecule has 0 aliphatic rings. The zero-order valence-electron chi connectivity index (χ0n) is 12.3. The van der Waals surface area contributed by atoms with E-state index in [2.05, 4.69) is 10.6 Å². The van der Waals surface area contributed by atoms with Gasteiger partial charge in [0.25, 0.3) is 0 Å². The number of aliphatic hydroxyl groups excluding tert-OH is 1. The molecule has 0 aliphatic heterocycles. The van der Waals surface area contributed by atoms with Crippen LogP contribution in [0, 0.1) is 0 Å². The van der Waals surface area contributed by atoms with Crippen molar-refractivity contribution in [3.8, 4) is 11.5 Å². The highest BCUT2D eigenvalue weighted by molar-refractivity contribution is 5.92. The lowest BCUT2D eigenvalue weighted by atomic mass is 10.2. The summed E-state index contributed by atoms with van der Waals surface area (Å²) in [6.45, 7) is 1.42. The number of aliphatic hydroxyl groups is 1. The topological polar surface area (TPSA) is 89.1 Å². The number of anilines is 1. The highest BCUT2D eigenvalue weighted by Gasteiger charge is 2.08. The first kappa shape index (κ1) is 17.2. The average molecular weight is 298 g/mol. The van der Waals surface area contributed by atoms with Crippen LogP contribution in [0.15, 0.2) is 18.2 Å². The molecule has 0 aliphatic carbocycles. The Hall–Kier alpha value is -1.83. The number of carbonyl (C=O) groups is 1. The first-order chi connectivity index (χ1) is 10.2. The molecule has 7 nitrogen and oxygen atoms in total. The van der Waals surface area contributed by atoms with Gasteiger partial charge in [-0.1, -0.05) is 0 Å². The Morgan fingerprint density at radius 2 is 2.05 bits per heavy atom. The summed E-state index contributed by atoms with van der Waals surface area (Å²) < 4.78 is 15.4. The number of amides is 1. The van der Waals surface area contributed by atoms with Crippen molar-refractivity contribution in [3.63, 3.8) is 0 Å². The molecule has 0 radical (unpaired) electrons. The Labute approximate surface area is 124 Å². The molecule has 0 unspecified atom stereocenters. The van der Waals surface area contributed by atoms with E-state index in [9.17, 15) is 4.79 Å². The summed E-state index contributed by atoms with van der Waals surface area (Å²) in [6, 6.07) is 5.07. The SMILES string of the molecule is COCCNCC(=O)Nc1ccc(OC)c(OCCO)c1. The van der Waals surface area contributed by atoms with Gasteiger partial charge in [-0.05, 0) is 12.1 Å². The van der Waals surface area contributed by atoms with Crippen LogP contribution >= 0.6 is 0 Å². The van der Waals surface area contributed by atoms with E-state index in [4.69, 9.17) is 19.3 Å². The molecule has 1 aromatic rings. The molecule has 21 heavy (non-hydrogen) atoms. The van der Waals surface area contributed by atoms with Gasteiger partial charge in [0.1, 0.15) is 6.61 Å². The van der Waals surface area contributed by atoms with Gasteiger partial charge in [0.2, 0.25) is 5.91 Å². The van der Waals surface area contributed by atoms with Crippen LogP contribution < -0.4 is 20.1 Å². The lowest BCUT2D eigenvalue weighted by Crippen LogP contribution is -2.30. The van der Waals surface area contributed by atoms with E-state index in [0.717, 1.165) is 0 Å². The molecule has 0 heterocycles. The minimum atomic E-state index is -0.163. The van der Waals surface area contributed by atoms with Crippen LogP contribution in [0.3, 0.4) is 0 Å². The molecule has 0 aromatic heterocycles. The Balaban J connectivity index is 2.55. The summed E-state index contributed by atoms with van der Waals surface area (Å²) in [5.41, 5.74) is 0.599. The third-order valence-corrected chi connectivity index (χ3v) is 2.56. The van der Waals surface area contributed by atoms with Crippen molar-refractivity contribution >= 4 is 11.6 Å². The van der Waals surface area contributed by atoms with Crippen molar-refractivity contribution in [1.29, 1.82) is 0 Å². The first-order valence-electron chi connectivity index (χ1n) is 6.62. The van der Waals surface area contributed by atoms with Gasteiger partial charge in [-0.2, -0.15) is 0 Å². The maximum atomic E-state index is 11.7. The molecule has 0 fully saturated rings. The minimum Gasteiger partial charge on any atom is -0.493 e. The fourth-order valence-corrected chi connectivity index (χ4v) is 1.60. The largest absolute Gasteiger partial charge is 0.493 e. The quantitative estimate of drug-likeness (QED) is 0.536. The van der Waals surface area contributed by atoms with Crippen molar-refractivity contribution in [2.24, 2.45) is 0 Å². The molecule has 3 N–H and O–H groups in total. The van der Waals surface area contributed by atoms with E-state index in [0.29, 0.717) is 30.3 Å². The predicted octanol–water partition coefficient (Wildman–Crippen LogP) is 0.241. The second-order valence-corrected chi connectivity index (χ2v) is 4.16. The number of hydrogen-bond acceptors (Lipinski definition) is 6. The maximum absolute atomic E-state index is 11.7. The normalized spacial score (nSPS) is 10.2. The fourth-order valence-electron chi connectivity index (χ4n) is 1.60. The number of benzene rings is 1. The van der Waals surface area contributed by atoms with Crippen molar-refractivity contribution in [3.05, 3.63) is 18.2 Å². The van der Waals surface area contributed by atoms with Crippen LogP contribution in [0.2, 0.25) is 0 Å². The van der Waals surface area contributed by atoms with E-state index in [-0.39, 0.29) is 25.7 Å². The monoisotopic (exact) mass is 298 g/mol. The molecule has 0 spiro atoms. The summed E-state index contributed by atoms with van der Waals surface area (Å²) in [6.07, 6.45) is 0. The Bertz CT molecular complexity index is 439. The Morgan fingerprint density at radius 3 is 2.71 bits per heavy atom. The Kier molecular flexibility index (Phi) is 8.18. The standard InChI is InChI=1S/C14H22N2O5/c1-19-7-5-15-10-14(18)16-11-3-4-12(20-2)13(9-11)21-8-6-17/h3-4,9,15,17H,5-8,10H2,1-2H3,(H,16,18). The molecular weight excluding hydrogens is 276 g/mol. The van der Waals surface area contributed by atoms with Crippen LogP contribution in [0.1, 0.15) is 0 Å². The lowest BCUT2D eigenvalue weighted by molar-refractivity contribution is -0.115. The van der Waals surface area contributed by atoms with Gasteiger partial charge < -0.3 is 30.0 Å². The summed E-state index contributed by atoms with van der Waals surface area (Å²) in [5, 5.41) is 14.5. The number of methoxy groups -OCH3 is 2. The van der Waals surface area contributed by atoms with Crippen LogP contribution in [-0.4, -0.2) is 58.1 Å². The highest BCUT2D eigenvalue weighted by atomic mass is 16.5. The summed E-state index contributed by atoms with van der Waals surface area (Å²) in [5.74, 6) is 0.848. The third kappa shape index (κ3) is 6.44. The number of ether oxygens (including phenoxy) is 3. The van der Waals surface area contributed by atoms with Crippen molar-refractivity contribution in [2.45, 2.75) is 0 Å². The third-order valence-electron chi connectivity index (χ3n) is 2.56. The van der Waals surface area contributed by atoms with Crippen LogP contribution in [0.4, 0.5) is 5.69 Å². The molecule has 0 saturated carbocycles. The molecule has 1 amide bonds. The average Bonchev–Trinajstić information content (AvgIpc) is 2.49. The van der Waals surface area contributed by atoms with Gasteiger partial charge in [-0.15, -0.1) is 0 Å². The maximum Gasteiger partial charge on any atom is 0.238 e. The highest BCUT2D eigenvalue weighted by Crippen LogP contribution is 2.30. The summed E-state index contributed by atoms with van der Waals surface area (Å²) in [7, 11) is 3.13. The number of nitrogens with one attached hydrogen (secondary N) is 2. The molecule has 118 valence electrons. The van der Waals surface area contributed by atoms with E-state index < -0.39 is 0 Å².